The summed E-state index contributed by atoms with van der Waals surface area (Å²) in [6, 6.07) is 16.1. The molecule has 0 atom stereocenters. The summed E-state index contributed by atoms with van der Waals surface area (Å²) in [6.45, 7) is 1.35. The third-order valence-electron chi connectivity index (χ3n) is 4.10. The van der Waals surface area contributed by atoms with Crippen LogP contribution in [0.5, 0.6) is 0 Å². The van der Waals surface area contributed by atoms with Crippen molar-refractivity contribution in [3.05, 3.63) is 59.6 Å². The maximum atomic E-state index is 12.4. The molecule has 10 nitrogen and oxygen atoms in total. The van der Waals surface area contributed by atoms with Crippen LogP contribution in [-0.2, 0) is 9.59 Å². The number of hydrogen-bond donors (Lipinski definition) is 2. The first kappa shape index (κ1) is 21.5. The van der Waals surface area contributed by atoms with E-state index in [1.807, 2.05) is 30.3 Å². The molecule has 2 amide bonds. The highest BCUT2D eigenvalue weighted by Gasteiger charge is 2.24. The third-order valence-corrected chi connectivity index (χ3v) is 5.28. The van der Waals surface area contributed by atoms with E-state index in [0.29, 0.717) is 21.7 Å². The van der Waals surface area contributed by atoms with E-state index in [9.17, 15) is 9.59 Å². The molecule has 2 aromatic heterocycles. The van der Waals surface area contributed by atoms with Gasteiger partial charge >= 0.3 is 0 Å². The summed E-state index contributed by atoms with van der Waals surface area (Å²) in [5.41, 5.74) is 1.60. The van der Waals surface area contributed by atoms with Crippen molar-refractivity contribution in [1.82, 2.24) is 25.1 Å². The molecule has 0 saturated carbocycles. The third kappa shape index (κ3) is 4.95. The van der Waals surface area contributed by atoms with Gasteiger partial charge < -0.3 is 10.6 Å². The molecule has 0 aliphatic carbocycles. The zero-order chi connectivity index (χ0) is 22.5. The minimum Gasteiger partial charge on any atom is -0.325 e. The van der Waals surface area contributed by atoms with Gasteiger partial charge in [0, 0.05) is 23.3 Å². The molecule has 12 heteroatoms. The lowest BCUT2D eigenvalue weighted by Crippen LogP contribution is -2.14. The Hall–Kier alpha value is -3.70. The van der Waals surface area contributed by atoms with E-state index in [1.54, 1.807) is 28.8 Å². The smallest absolute Gasteiger partial charge is 0.234 e. The van der Waals surface area contributed by atoms with Gasteiger partial charge in [-0.15, -0.1) is 10.2 Å². The van der Waals surface area contributed by atoms with Crippen molar-refractivity contribution < 1.29 is 14.2 Å². The number of nitrogens with one attached hydrogen (secondary N) is 2. The number of carbonyl (C=O) groups excluding carboxylic acids is 2. The molecule has 0 unspecified atom stereocenters. The van der Waals surface area contributed by atoms with E-state index in [0.717, 1.165) is 5.69 Å². The second kappa shape index (κ2) is 9.62. The van der Waals surface area contributed by atoms with Crippen molar-refractivity contribution in [2.75, 3.05) is 16.4 Å². The number of hydrogen-bond acceptors (Lipinski definition) is 8. The van der Waals surface area contributed by atoms with Crippen LogP contribution in [0.15, 0.2) is 64.4 Å². The number of nitrogens with zero attached hydrogens (tertiary/aromatic N) is 5. The van der Waals surface area contributed by atoms with Crippen LogP contribution in [0.4, 0.5) is 11.5 Å². The minimum atomic E-state index is -0.332. The number of amides is 2. The van der Waals surface area contributed by atoms with Crippen molar-refractivity contribution >= 4 is 46.7 Å². The average Bonchev–Trinajstić information content (AvgIpc) is 3.40. The number of carbonyl (C=O) groups is 2. The highest BCUT2D eigenvalue weighted by atomic mass is 35.5. The molecule has 2 N–H and O–H groups in total. The van der Waals surface area contributed by atoms with Gasteiger partial charge in [0.1, 0.15) is 0 Å². The van der Waals surface area contributed by atoms with Gasteiger partial charge in [0.25, 0.3) is 0 Å². The van der Waals surface area contributed by atoms with Crippen LogP contribution in [-0.4, -0.2) is 42.6 Å². The van der Waals surface area contributed by atoms with Crippen LogP contribution in [0.3, 0.4) is 0 Å². The van der Waals surface area contributed by atoms with E-state index in [1.165, 1.54) is 18.7 Å². The van der Waals surface area contributed by atoms with Gasteiger partial charge in [-0.3, -0.25) is 14.2 Å². The zero-order valence-electron chi connectivity index (χ0n) is 16.7. The van der Waals surface area contributed by atoms with Gasteiger partial charge in [-0.25, -0.2) is 4.63 Å². The van der Waals surface area contributed by atoms with Crippen molar-refractivity contribution in [1.29, 1.82) is 0 Å². The van der Waals surface area contributed by atoms with Gasteiger partial charge in [0.2, 0.25) is 17.6 Å². The summed E-state index contributed by atoms with van der Waals surface area (Å²) >= 11 is 7.07. The van der Waals surface area contributed by atoms with E-state index >= 15 is 0 Å². The van der Waals surface area contributed by atoms with E-state index in [2.05, 4.69) is 31.1 Å². The number of halogens is 1. The SMILES string of the molecule is CC(=O)Nc1nonc1-c1nnc(SCC(=O)Nc2ccc(Cl)cc2)n1-c1ccccc1. The van der Waals surface area contributed by atoms with E-state index < -0.39 is 0 Å². The molecule has 0 saturated heterocycles. The zero-order valence-corrected chi connectivity index (χ0v) is 18.2. The summed E-state index contributed by atoms with van der Waals surface area (Å²) in [5.74, 6) is -0.0333. The molecule has 162 valence electrons. The lowest BCUT2D eigenvalue weighted by atomic mass is 10.3. The van der Waals surface area contributed by atoms with Gasteiger partial charge in [-0.2, -0.15) is 0 Å². The average molecular weight is 470 g/mol. The Labute approximate surface area is 191 Å². The quantitative estimate of drug-likeness (QED) is 0.392. The van der Waals surface area contributed by atoms with Gasteiger partial charge in [-0.05, 0) is 46.7 Å². The summed E-state index contributed by atoms with van der Waals surface area (Å²) < 4.78 is 6.51. The number of anilines is 2. The largest absolute Gasteiger partial charge is 0.325 e. The summed E-state index contributed by atoms with van der Waals surface area (Å²) in [6.07, 6.45) is 0. The Balaban J connectivity index is 1.60. The van der Waals surface area contributed by atoms with Gasteiger partial charge in [-0.1, -0.05) is 41.6 Å². The molecule has 4 aromatic rings. The molecule has 2 heterocycles. The Bertz CT molecular complexity index is 1240. The van der Waals surface area contributed by atoms with Gasteiger partial charge in [0.15, 0.2) is 16.7 Å². The molecule has 0 radical (unpaired) electrons. The van der Waals surface area contributed by atoms with Crippen LogP contribution in [0.2, 0.25) is 5.02 Å². The Morgan fingerprint density at radius 3 is 2.50 bits per heavy atom. The monoisotopic (exact) mass is 469 g/mol. The standard InChI is InChI=1S/C20H16ClN7O3S/c1-12(29)22-18-17(26-31-27-18)19-24-25-20(28(19)15-5-3-2-4-6-15)32-11-16(30)23-14-9-7-13(21)8-10-14/h2-10H,11H2,1H3,(H,23,30)(H,22,27,29). The fourth-order valence-corrected chi connectivity index (χ4v) is 3.65. The Morgan fingerprint density at radius 1 is 1.03 bits per heavy atom. The number of benzene rings is 2. The predicted molar refractivity (Wildman–Crippen MR) is 120 cm³/mol. The molecular formula is C20H16ClN7O3S. The topological polar surface area (TPSA) is 128 Å². The second-order valence-corrected chi connectivity index (χ2v) is 7.84. The summed E-state index contributed by atoms with van der Waals surface area (Å²) in [4.78, 5) is 23.9. The number of aromatic nitrogens is 5. The fourth-order valence-electron chi connectivity index (χ4n) is 2.77. The summed E-state index contributed by atoms with van der Waals surface area (Å²) in [7, 11) is 0. The lowest BCUT2D eigenvalue weighted by Gasteiger charge is -2.09. The lowest BCUT2D eigenvalue weighted by molar-refractivity contribution is -0.114. The highest BCUT2D eigenvalue weighted by molar-refractivity contribution is 7.99. The first-order valence-electron chi connectivity index (χ1n) is 9.31. The molecule has 32 heavy (non-hydrogen) atoms. The maximum absolute atomic E-state index is 12.4. The van der Waals surface area contributed by atoms with E-state index in [4.69, 9.17) is 16.2 Å². The number of para-hydroxylation sites is 1. The van der Waals surface area contributed by atoms with Crippen LogP contribution < -0.4 is 10.6 Å². The van der Waals surface area contributed by atoms with Crippen LogP contribution in [0.1, 0.15) is 6.92 Å². The molecule has 0 spiro atoms. The summed E-state index contributed by atoms with van der Waals surface area (Å²) in [5, 5.41) is 22.4. The molecule has 0 aliphatic rings. The minimum absolute atomic E-state index is 0.0865. The predicted octanol–water partition coefficient (Wildman–Crippen LogP) is 3.66. The Kier molecular flexibility index (Phi) is 6.47. The van der Waals surface area contributed by atoms with Crippen molar-refractivity contribution in [3.8, 4) is 17.2 Å². The van der Waals surface area contributed by atoms with Crippen molar-refractivity contribution in [2.24, 2.45) is 0 Å². The van der Waals surface area contributed by atoms with Crippen molar-refractivity contribution in [2.45, 2.75) is 12.1 Å². The van der Waals surface area contributed by atoms with Crippen molar-refractivity contribution in [3.63, 3.8) is 0 Å². The van der Waals surface area contributed by atoms with Crippen LogP contribution in [0.25, 0.3) is 17.2 Å². The molecule has 0 fully saturated rings. The molecular weight excluding hydrogens is 454 g/mol. The van der Waals surface area contributed by atoms with Gasteiger partial charge in [0.05, 0.1) is 5.75 Å². The first-order chi connectivity index (χ1) is 15.5. The molecule has 4 rings (SSSR count). The second-order valence-electron chi connectivity index (χ2n) is 6.46. The molecule has 2 aromatic carbocycles. The molecule has 0 bridgehead atoms. The molecule has 0 aliphatic heterocycles. The number of rotatable bonds is 7. The Morgan fingerprint density at radius 2 is 1.78 bits per heavy atom. The van der Waals surface area contributed by atoms with E-state index in [-0.39, 0.29) is 29.1 Å². The fraction of sp³-hybridized carbons (Fsp3) is 0.100. The van der Waals surface area contributed by atoms with Crippen LogP contribution in [0, 0.1) is 0 Å². The maximum Gasteiger partial charge on any atom is 0.234 e. The number of thioether (sulfide) groups is 1. The highest BCUT2D eigenvalue weighted by Crippen LogP contribution is 2.30. The van der Waals surface area contributed by atoms with Crippen LogP contribution >= 0.6 is 23.4 Å². The first-order valence-corrected chi connectivity index (χ1v) is 10.7. The normalized spacial score (nSPS) is 10.7.